The summed E-state index contributed by atoms with van der Waals surface area (Å²) in [5.41, 5.74) is 1.43. The van der Waals surface area contributed by atoms with E-state index in [9.17, 15) is 14.0 Å². The molecular formula is C17H18FN3O2. The number of pyridine rings is 1. The van der Waals surface area contributed by atoms with Gasteiger partial charge < -0.3 is 10.2 Å². The second kappa shape index (κ2) is 8.03. The van der Waals surface area contributed by atoms with Crippen molar-refractivity contribution in [1.29, 1.82) is 0 Å². The normalized spacial score (nSPS) is 10.2. The number of carbonyl (C=O) groups excluding carboxylic acids is 2. The third-order valence-corrected chi connectivity index (χ3v) is 3.39. The smallest absolute Gasteiger partial charge is 0.313 e. The highest BCUT2D eigenvalue weighted by molar-refractivity contribution is 6.39. The van der Waals surface area contributed by atoms with E-state index in [2.05, 4.69) is 10.3 Å². The Morgan fingerprint density at radius 1 is 1.13 bits per heavy atom. The molecule has 0 radical (unpaired) electrons. The molecule has 120 valence electrons. The number of nitrogens with one attached hydrogen (secondary N) is 1. The molecule has 0 spiro atoms. The minimum atomic E-state index is -0.729. The van der Waals surface area contributed by atoms with Crippen LogP contribution in [0.3, 0.4) is 0 Å². The predicted molar refractivity (Wildman–Crippen MR) is 85.2 cm³/mol. The zero-order chi connectivity index (χ0) is 16.7. The van der Waals surface area contributed by atoms with Gasteiger partial charge in [0.25, 0.3) is 0 Å². The van der Waals surface area contributed by atoms with E-state index in [0.717, 1.165) is 5.56 Å². The molecule has 0 aliphatic heterocycles. The van der Waals surface area contributed by atoms with Gasteiger partial charge in [-0.05, 0) is 55.3 Å². The zero-order valence-electron chi connectivity index (χ0n) is 12.8. The molecule has 0 atom stereocenters. The summed E-state index contributed by atoms with van der Waals surface area (Å²) in [6, 6.07) is 9.01. The number of halogens is 1. The maximum absolute atomic E-state index is 12.8. The van der Waals surface area contributed by atoms with Crippen LogP contribution in [-0.2, 0) is 16.0 Å². The lowest BCUT2D eigenvalue weighted by molar-refractivity contribution is -0.143. The number of hydrogen-bond acceptors (Lipinski definition) is 3. The van der Waals surface area contributed by atoms with Crippen LogP contribution in [0.2, 0.25) is 0 Å². The Labute approximate surface area is 134 Å². The molecule has 23 heavy (non-hydrogen) atoms. The van der Waals surface area contributed by atoms with Crippen molar-refractivity contribution in [1.82, 2.24) is 9.88 Å². The average molecular weight is 315 g/mol. The molecule has 2 amide bonds. The van der Waals surface area contributed by atoms with E-state index in [1.807, 2.05) is 19.1 Å². The summed E-state index contributed by atoms with van der Waals surface area (Å²) in [5, 5.41) is 2.48. The van der Waals surface area contributed by atoms with Crippen molar-refractivity contribution >= 4 is 17.5 Å². The van der Waals surface area contributed by atoms with E-state index >= 15 is 0 Å². The number of hydrogen-bond donors (Lipinski definition) is 1. The topological polar surface area (TPSA) is 62.3 Å². The van der Waals surface area contributed by atoms with Gasteiger partial charge in [-0.2, -0.15) is 0 Å². The van der Waals surface area contributed by atoms with Crippen molar-refractivity contribution in [2.75, 3.05) is 18.4 Å². The highest BCUT2D eigenvalue weighted by atomic mass is 19.1. The van der Waals surface area contributed by atoms with Gasteiger partial charge in [-0.1, -0.05) is 0 Å². The SMILES string of the molecule is CCN(CCc1ccncc1)C(=O)C(=O)Nc1ccc(F)cc1. The quantitative estimate of drug-likeness (QED) is 0.861. The molecule has 2 rings (SSSR count). The summed E-state index contributed by atoms with van der Waals surface area (Å²) in [7, 11) is 0. The van der Waals surface area contributed by atoms with Gasteiger partial charge in [-0.25, -0.2) is 4.39 Å². The van der Waals surface area contributed by atoms with Crippen LogP contribution in [0.5, 0.6) is 0 Å². The van der Waals surface area contributed by atoms with Gasteiger partial charge in [0.05, 0.1) is 0 Å². The number of amides is 2. The molecule has 0 saturated carbocycles. The fraction of sp³-hybridized carbons (Fsp3) is 0.235. The summed E-state index contributed by atoms with van der Waals surface area (Å²) in [4.78, 5) is 29.6. The maximum atomic E-state index is 12.8. The Bertz CT molecular complexity index is 659. The van der Waals surface area contributed by atoms with E-state index in [1.165, 1.54) is 29.2 Å². The number of aromatic nitrogens is 1. The lowest BCUT2D eigenvalue weighted by atomic mass is 10.2. The molecule has 1 heterocycles. The van der Waals surface area contributed by atoms with Gasteiger partial charge in [-0.3, -0.25) is 14.6 Å². The van der Waals surface area contributed by atoms with E-state index in [1.54, 1.807) is 12.4 Å². The van der Waals surface area contributed by atoms with Crippen molar-refractivity contribution in [3.05, 3.63) is 60.2 Å². The predicted octanol–water partition coefficient (Wildman–Crippen LogP) is 2.25. The van der Waals surface area contributed by atoms with Crippen molar-refractivity contribution in [3.63, 3.8) is 0 Å². The molecule has 0 unspecified atom stereocenters. The van der Waals surface area contributed by atoms with E-state index in [4.69, 9.17) is 0 Å². The molecule has 0 aliphatic carbocycles. The van der Waals surface area contributed by atoms with Crippen LogP contribution >= 0.6 is 0 Å². The number of benzene rings is 1. The van der Waals surface area contributed by atoms with Gasteiger partial charge >= 0.3 is 11.8 Å². The van der Waals surface area contributed by atoms with Crippen LogP contribution in [0.4, 0.5) is 10.1 Å². The Morgan fingerprint density at radius 2 is 1.78 bits per heavy atom. The monoisotopic (exact) mass is 315 g/mol. The number of rotatable bonds is 5. The van der Waals surface area contributed by atoms with Crippen LogP contribution in [0.15, 0.2) is 48.8 Å². The molecule has 0 fully saturated rings. The zero-order valence-corrected chi connectivity index (χ0v) is 12.8. The highest BCUT2D eigenvalue weighted by Crippen LogP contribution is 2.09. The standard InChI is InChI=1S/C17H18FN3O2/c1-2-21(12-9-13-7-10-19-11-8-13)17(23)16(22)20-15-5-3-14(18)4-6-15/h3-8,10-11H,2,9,12H2,1H3,(H,20,22). The number of likely N-dealkylation sites (N-methyl/N-ethyl adjacent to an activating group) is 1. The average Bonchev–Trinajstić information content (AvgIpc) is 2.58. The first-order valence-corrected chi connectivity index (χ1v) is 7.35. The third-order valence-electron chi connectivity index (χ3n) is 3.39. The molecule has 2 aromatic rings. The van der Waals surface area contributed by atoms with Gasteiger partial charge in [-0.15, -0.1) is 0 Å². The lowest BCUT2D eigenvalue weighted by Crippen LogP contribution is -2.40. The fourth-order valence-corrected chi connectivity index (χ4v) is 2.08. The van der Waals surface area contributed by atoms with Crippen LogP contribution in [0.1, 0.15) is 12.5 Å². The molecule has 1 N–H and O–H groups in total. The van der Waals surface area contributed by atoms with E-state index in [0.29, 0.717) is 25.2 Å². The summed E-state index contributed by atoms with van der Waals surface area (Å²) < 4.78 is 12.8. The molecule has 0 bridgehead atoms. The summed E-state index contributed by atoms with van der Waals surface area (Å²) >= 11 is 0. The Hall–Kier alpha value is -2.76. The lowest BCUT2D eigenvalue weighted by Gasteiger charge is -2.20. The van der Waals surface area contributed by atoms with Crippen LogP contribution in [-0.4, -0.2) is 34.8 Å². The second-order valence-electron chi connectivity index (χ2n) is 4.95. The summed E-state index contributed by atoms with van der Waals surface area (Å²) in [6.45, 7) is 2.69. The summed E-state index contributed by atoms with van der Waals surface area (Å²) in [6.07, 6.45) is 4.02. The first kappa shape index (κ1) is 16.6. The number of carbonyl (C=O) groups is 2. The fourth-order valence-electron chi connectivity index (χ4n) is 2.08. The van der Waals surface area contributed by atoms with E-state index in [-0.39, 0.29) is 0 Å². The number of nitrogens with zero attached hydrogens (tertiary/aromatic N) is 2. The minimum Gasteiger partial charge on any atom is -0.334 e. The van der Waals surface area contributed by atoms with Crippen molar-refractivity contribution < 1.29 is 14.0 Å². The van der Waals surface area contributed by atoms with Gasteiger partial charge in [0.2, 0.25) is 0 Å². The maximum Gasteiger partial charge on any atom is 0.313 e. The van der Waals surface area contributed by atoms with Crippen LogP contribution in [0.25, 0.3) is 0 Å². The molecular weight excluding hydrogens is 297 g/mol. The van der Waals surface area contributed by atoms with Crippen LogP contribution < -0.4 is 5.32 Å². The minimum absolute atomic E-state index is 0.384. The first-order chi connectivity index (χ1) is 11.1. The van der Waals surface area contributed by atoms with Crippen LogP contribution in [0, 0.1) is 5.82 Å². The number of anilines is 1. The van der Waals surface area contributed by atoms with Crippen molar-refractivity contribution in [2.45, 2.75) is 13.3 Å². The first-order valence-electron chi connectivity index (χ1n) is 7.35. The molecule has 0 saturated heterocycles. The molecule has 1 aromatic heterocycles. The van der Waals surface area contributed by atoms with Crippen molar-refractivity contribution in [3.8, 4) is 0 Å². The molecule has 0 aliphatic rings. The van der Waals surface area contributed by atoms with Gasteiger partial charge in [0.1, 0.15) is 5.82 Å². The molecule has 6 heteroatoms. The highest BCUT2D eigenvalue weighted by Gasteiger charge is 2.20. The van der Waals surface area contributed by atoms with Gasteiger partial charge in [0, 0.05) is 31.2 Å². The molecule has 5 nitrogen and oxygen atoms in total. The van der Waals surface area contributed by atoms with Crippen molar-refractivity contribution in [2.24, 2.45) is 0 Å². The largest absolute Gasteiger partial charge is 0.334 e. The third kappa shape index (κ3) is 4.88. The second-order valence-corrected chi connectivity index (χ2v) is 4.95. The Morgan fingerprint density at radius 3 is 2.39 bits per heavy atom. The molecule has 1 aromatic carbocycles. The Kier molecular flexibility index (Phi) is 5.80. The van der Waals surface area contributed by atoms with E-state index < -0.39 is 17.6 Å². The Balaban J connectivity index is 1.93. The van der Waals surface area contributed by atoms with Gasteiger partial charge in [0.15, 0.2) is 0 Å². The summed E-state index contributed by atoms with van der Waals surface area (Å²) in [5.74, 6) is -1.74.